The van der Waals surface area contributed by atoms with Gasteiger partial charge in [-0.3, -0.25) is 4.79 Å². The SMILES string of the molecule is CCN(Cc1ccc(OC)c(OC)c1)C(=O)c1ccc(COC)o1. The summed E-state index contributed by atoms with van der Waals surface area (Å²) in [5.41, 5.74) is 0.950. The van der Waals surface area contributed by atoms with E-state index in [1.165, 1.54) is 0 Å². The standard InChI is InChI=1S/C18H23NO5/c1-5-19(18(20)16-9-7-14(24-16)12-21-2)11-13-6-8-15(22-3)17(10-13)23-4/h6-10H,5,11-12H2,1-4H3. The number of carbonyl (C=O) groups is 1. The van der Waals surface area contributed by atoms with Crippen molar-refractivity contribution in [1.29, 1.82) is 0 Å². The Hall–Kier alpha value is -2.47. The summed E-state index contributed by atoms with van der Waals surface area (Å²) >= 11 is 0. The van der Waals surface area contributed by atoms with E-state index in [4.69, 9.17) is 18.6 Å². The van der Waals surface area contributed by atoms with Crippen LogP contribution in [0.15, 0.2) is 34.7 Å². The highest BCUT2D eigenvalue weighted by molar-refractivity contribution is 5.91. The highest BCUT2D eigenvalue weighted by Crippen LogP contribution is 2.28. The molecular formula is C18H23NO5. The number of rotatable bonds is 8. The smallest absolute Gasteiger partial charge is 0.289 e. The maximum atomic E-state index is 12.6. The third-order valence-electron chi connectivity index (χ3n) is 3.65. The lowest BCUT2D eigenvalue weighted by Crippen LogP contribution is -2.30. The Bertz CT molecular complexity index is 680. The third kappa shape index (κ3) is 4.08. The fraction of sp³-hybridized carbons (Fsp3) is 0.389. The minimum Gasteiger partial charge on any atom is -0.493 e. The van der Waals surface area contributed by atoms with Gasteiger partial charge in [0.25, 0.3) is 5.91 Å². The third-order valence-corrected chi connectivity index (χ3v) is 3.65. The summed E-state index contributed by atoms with van der Waals surface area (Å²) in [7, 11) is 4.76. The number of carbonyl (C=O) groups excluding carboxylic acids is 1. The van der Waals surface area contributed by atoms with Gasteiger partial charge >= 0.3 is 0 Å². The van der Waals surface area contributed by atoms with Gasteiger partial charge in [0.1, 0.15) is 12.4 Å². The van der Waals surface area contributed by atoms with E-state index in [-0.39, 0.29) is 5.91 Å². The molecule has 0 bridgehead atoms. The van der Waals surface area contributed by atoms with Crippen LogP contribution < -0.4 is 9.47 Å². The van der Waals surface area contributed by atoms with Crippen LogP contribution in [0, 0.1) is 0 Å². The van der Waals surface area contributed by atoms with Crippen molar-refractivity contribution in [2.75, 3.05) is 27.9 Å². The Morgan fingerprint density at radius 2 is 1.83 bits per heavy atom. The van der Waals surface area contributed by atoms with Crippen molar-refractivity contribution in [2.24, 2.45) is 0 Å². The molecule has 2 aromatic rings. The summed E-state index contributed by atoms with van der Waals surface area (Å²) in [6.07, 6.45) is 0. The maximum absolute atomic E-state index is 12.6. The summed E-state index contributed by atoms with van der Waals surface area (Å²) in [5.74, 6) is 2.08. The van der Waals surface area contributed by atoms with E-state index in [9.17, 15) is 4.79 Å². The van der Waals surface area contributed by atoms with Crippen LogP contribution in [0.25, 0.3) is 0 Å². The van der Waals surface area contributed by atoms with Crippen LogP contribution in [-0.2, 0) is 17.9 Å². The van der Waals surface area contributed by atoms with E-state index in [0.29, 0.717) is 42.7 Å². The lowest BCUT2D eigenvalue weighted by molar-refractivity contribution is 0.0712. The molecule has 0 atom stereocenters. The number of hydrogen-bond acceptors (Lipinski definition) is 5. The second-order valence-corrected chi connectivity index (χ2v) is 5.21. The fourth-order valence-electron chi connectivity index (χ4n) is 2.40. The molecule has 0 saturated heterocycles. The molecule has 0 aliphatic carbocycles. The van der Waals surface area contributed by atoms with Crippen molar-refractivity contribution in [3.8, 4) is 11.5 Å². The molecule has 130 valence electrons. The number of ether oxygens (including phenoxy) is 3. The molecule has 1 aromatic heterocycles. The molecule has 0 fully saturated rings. The molecule has 1 heterocycles. The van der Waals surface area contributed by atoms with Crippen LogP contribution in [0.5, 0.6) is 11.5 Å². The number of amides is 1. The van der Waals surface area contributed by atoms with E-state index in [2.05, 4.69) is 0 Å². The Balaban J connectivity index is 2.14. The highest BCUT2D eigenvalue weighted by atomic mass is 16.5. The molecule has 0 N–H and O–H groups in total. The first-order valence-corrected chi connectivity index (χ1v) is 7.70. The Labute approximate surface area is 141 Å². The van der Waals surface area contributed by atoms with Gasteiger partial charge in [0, 0.05) is 20.2 Å². The Morgan fingerprint density at radius 3 is 2.46 bits per heavy atom. The van der Waals surface area contributed by atoms with Crippen LogP contribution in [0.4, 0.5) is 0 Å². The van der Waals surface area contributed by atoms with E-state index in [1.54, 1.807) is 38.4 Å². The van der Waals surface area contributed by atoms with Crippen LogP contribution in [0.1, 0.15) is 28.8 Å². The fourth-order valence-corrected chi connectivity index (χ4v) is 2.40. The molecule has 1 amide bonds. The van der Waals surface area contributed by atoms with E-state index in [1.807, 2.05) is 25.1 Å². The summed E-state index contributed by atoms with van der Waals surface area (Å²) in [5, 5.41) is 0. The normalized spacial score (nSPS) is 10.5. The molecule has 0 saturated carbocycles. The van der Waals surface area contributed by atoms with Crippen molar-refractivity contribution < 1.29 is 23.4 Å². The van der Waals surface area contributed by atoms with Gasteiger partial charge in [0.15, 0.2) is 17.3 Å². The topological polar surface area (TPSA) is 61.1 Å². The molecule has 24 heavy (non-hydrogen) atoms. The monoisotopic (exact) mass is 333 g/mol. The average Bonchev–Trinajstić information content (AvgIpc) is 3.07. The average molecular weight is 333 g/mol. The number of methoxy groups -OCH3 is 3. The highest BCUT2D eigenvalue weighted by Gasteiger charge is 2.19. The minimum atomic E-state index is -0.158. The van der Waals surface area contributed by atoms with Gasteiger partial charge in [0.2, 0.25) is 0 Å². The molecular weight excluding hydrogens is 310 g/mol. The zero-order valence-electron chi connectivity index (χ0n) is 14.5. The van der Waals surface area contributed by atoms with Gasteiger partial charge in [-0.05, 0) is 36.8 Å². The molecule has 0 aliphatic heterocycles. The van der Waals surface area contributed by atoms with Crippen LogP contribution in [0.3, 0.4) is 0 Å². The van der Waals surface area contributed by atoms with Crippen LogP contribution in [-0.4, -0.2) is 38.7 Å². The quantitative estimate of drug-likeness (QED) is 0.743. The number of benzene rings is 1. The van der Waals surface area contributed by atoms with Crippen molar-refractivity contribution in [1.82, 2.24) is 4.90 Å². The molecule has 0 radical (unpaired) electrons. The van der Waals surface area contributed by atoms with E-state index in [0.717, 1.165) is 5.56 Å². The summed E-state index contributed by atoms with van der Waals surface area (Å²) in [6.45, 7) is 3.29. The molecule has 0 unspecified atom stereocenters. The maximum Gasteiger partial charge on any atom is 0.289 e. The zero-order chi connectivity index (χ0) is 17.5. The second-order valence-electron chi connectivity index (χ2n) is 5.21. The summed E-state index contributed by atoms with van der Waals surface area (Å²) < 4.78 is 21.1. The van der Waals surface area contributed by atoms with Gasteiger partial charge in [-0.25, -0.2) is 0 Å². The van der Waals surface area contributed by atoms with E-state index < -0.39 is 0 Å². The van der Waals surface area contributed by atoms with Crippen molar-refractivity contribution in [3.05, 3.63) is 47.4 Å². The molecule has 0 spiro atoms. The van der Waals surface area contributed by atoms with Crippen molar-refractivity contribution in [3.63, 3.8) is 0 Å². The number of furan rings is 1. The number of hydrogen-bond donors (Lipinski definition) is 0. The van der Waals surface area contributed by atoms with Gasteiger partial charge in [-0.2, -0.15) is 0 Å². The first-order valence-electron chi connectivity index (χ1n) is 7.70. The second kappa shape index (κ2) is 8.40. The predicted molar refractivity (Wildman–Crippen MR) is 89.4 cm³/mol. The largest absolute Gasteiger partial charge is 0.493 e. The minimum absolute atomic E-state index is 0.158. The molecule has 6 nitrogen and oxygen atoms in total. The lowest BCUT2D eigenvalue weighted by atomic mass is 10.2. The molecule has 6 heteroatoms. The molecule has 1 aromatic carbocycles. The Morgan fingerprint density at radius 1 is 1.08 bits per heavy atom. The zero-order valence-corrected chi connectivity index (χ0v) is 14.5. The predicted octanol–water partition coefficient (Wildman–Crippen LogP) is 3.11. The van der Waals surface area contributed by atoms with E-state index >= 15 is 0 Å². The van der Waals surface area contributed by atoms with Crippen molar-refractivity contribution >= 4 is 5.91 Å². The van der Waals surface area contributed by atoms with Gasteiger partial charge in [-0.1, -0.05) is 6.07 Å². The van der Waals surface area contributed by atoms with Crippen LogP contribution in [0.2, 0.25) is 0 Å². The Kier molecular flexibility index (Phi) is 6.26. The summed E-state index contributed by atoms with van der Waals surface area (Å²) in [4.78, 5) is 14.3. The lowest BCUT2D eigenvalue weighted by Gasteiger charge is -2.20. The number of nitrogens with zero attached hydrogens (tertiary/aromatic N) is 1. The first kappa shape index (κ1) is 17.9. The molecule has 2 rings (SSSR count). The van der Waals surface area contributed by atoms with Gasteiger partial charge in [-0.15, -0.1) is 0 Å². The first-order chi connectivity index (χ1) is 11.6. The van der Waals surface area contributed by atoms with Crippen LogP contribution >= 0.6 is 0 Å². The van der Waals surface area contributed by atoms with Gasteiger partial charge < -0.3 is 23.5 Å². The summed E-state index contributed by atoms with van der Waals surface area (Å²) in [6, 6.07) is 9.04. The molecule has 0 aliphatic rings. The van der Waals surface area contributed by atoms with Gasteiger partial charge in [0.05, 0.1) is 14.2 Å². The van der Waals surface area contributed by atoms with Crippen molar-refractivity contribution in [2.45, 2.75) is 20.1 Å².